The lowest BCUT2D eigenvalue weighted by Crippen LogP contribution is -2.53. The molecule has 0 saturated carbocycles. The number of nitrogens with one attached hydrogen (secondary N) is 2. The van der Waals surface area contributed by atoms with Crippen LogP contribution in [0.25, 0.3) is 0 Å². The summed E-state index contributed by atoms with van der Waals surface area (Å²) in [6.45, 7) is 5.65. The summed E-state index contributed by atoms with van der Waals surface area (Å²) in [5, 5.41) is 17.2. The Morgan fingerprint density at radius 1 is 0.960 bits per heavy atom. The fourth-order valence-corrected chi connectivity index (χ4v) is 7.67. The van der Waals surface area contributed by atoms with E-state index in [4.69, 9.17) is 0 Å². The van der Waals surface area contributed by atoms with Gasteiger partial charge < -0.3 is 20.2 Å². The molecule has 0 spiro atoms. The molecule has 11 nitrogen and oxygen atoms in total. The van der Waals surface area contributed by atoms with Gasteiger partial charge in [-0.15, -0.1) is 0 Å². The summed E-state index contributed by atoms with van der Waals surface area (Å²) in [5.74, 6) is -0.790. The number of fused-ring (bicyclic) bond motifs is 1. The second-order valence-corrected chi connectivity index (χ2v) is 13.8. The van der Waals surface area contributed by atoms with E-state index < -0.39 is 29.3 Å². The third-order valence-electron chi connectivity index (χ3n) is 10.7. The van der Waals surface area contributed by atoms with Crippen molar-refractivity contribution in [3.8, 4) is 0 Å². The van der Waals surface area contributed by atoms with Crippen LogP contribution in [0.4, 0.5) is 24.8 Å². The molecular formula is C36H40F3N7O4. The first kappa shape index (κ1) is 33.9. The van der Waals surface area contributed by atoms with Crippen LogP contribution in [-0.4, -0.2) is 80.9 Å². The van der Waals surface area contributed by atoms with Crippen LogP contribution in [-0.2, 0) is 27.9 Å². The van der Waals surface area contributed by atoms with E-state index in [0.717, 1.165) is 61.7 Å². The number of likely N-dealkylation sites (tertiary alicyclic amines) is 1. The predicted octanol–water partition coefficient (Wildman–Crippen LogP) is 4.38. The van der Waals surface area contributed by atoms with Crippen LogP contribution in [0.2, 0.25) is 0 Å². The number of carbonyl (C=O) groups excluding carboxylic acids is 3. The Bertz CT molecular complexity index is 1750. The molecule has 3 N–H and O–H groups in total. The molecule has 264 valence electrons. The highest BCUT2D eigenvalue weighted by atomic mass is 19.4. The molecule has 5 heterocycles. The van der Waals surface area contributed by atoms with Crippen LogP contribution in [0.1, 0.15) is 84.1 Å². The number of imide groups is 1. The summed E-state index contributed by atoms with van der Waals surface area (Å²) in [6, 6.07) is 13.0. The molecule has 14 heteroatoms. The van der Waals surface area contributed by atoms with Crippen molar-refractivity contribution in [3.05, 3.63) is 82.7 Å². The van der Waals surface area contributed by atoms with Gasteiger partial charge in [0.25, 0.3) is 5.91 Å². The first-order valence-corrected chi connectivity index (χ1v) is 17.1. The van der Waals surface area contributed by atoms with E-state index in [1.54, 1.807) is 11.0 Å². The van der Waals surface area contributed by atoms with Crippen LogP contribution < -0.4 is 15.5 Å². The summed E-state index contributed by atoms with van der Waals surface area (Å²) in [6.07, 6.45) is 0.341. The number of hydrogen-bond acceptors (Lipinski definition) is 9. The zero-order valence-corrected chi connectivity index (χ0v) is 27.7. The first-order chi connectivity index (χ1) is 23.9. The molecule has 4 aliphatic heterocycles. The van der Waals surface area contributed by atoms with Gasteiger partial charge in [0.15, 0.2) is 0 Å². The van der Waals surface area contributed by atoms with E-state index in [9.17, 15) is 32.7 Å². The molecule has 4 aliphatic rings. The maximum Gasteiger partial charge on any atom is 0.419 e. The summed E-state index contributed by atoms with van der Waals surface area (Å²) >= 11 is 0. The van der Waals surface area contributed by atoms with E-state index in [2.05, 4.69) is 54.7 Å². The Morgan fingerprint density at radius 3 is 2.28 bits per heavy atom. The largest absolute Gasteiger partial charge is 0.419 e. The van der Waals surface area contributed by atoms with Crippen LogP contribution in [0.15, 0.2) is 54.9 Å². The SMILES string of the molecule is C[C@@H]1c2cc(C3(O)CCN(Cc4ccc(N5CCC(Nc6ncc(C(F)(F)F)cn6)CC5)cc4)CC3)ccc2C(=O)N1[C@H]1CCC(=O)NC1=O. The fourth-order valence-electron chi connectivity index (χ4n) is 7.67. The van der Waals surface area contributed by atoms with Crippen molar-refractivity contribution in [2.24, 2.45) is 0 Å². The molecule has 3 aromatic rings. The number of halogens is 3. The van der Waals surface area contributed by atoms with Crippen LogP contribution in [0.5, 0.6) is 0 Å². The van der Waals surface area contributed by atoms with E-state index in [1.165, 1.54) is 5.56 Å². The van der Waals surface area contributed by atoms with Crippen LogP contribution >= 0.6 is 0 Å². The van der Waals surface area contributed by atoms with Crippen molar-refractivity contribution in [3.63, 3.8) is 0 Å². The van der Waals surface area contributed by atoms with Gasteiger partial charge in [-0.3, -0.25) is 24.6 Å². The van der Waals surface area contributed by atoms with E-state index >= 15 is 0 Å². The number of anilines is 2. The molecule has 0 bridgehead atoms. The number of amides is 3. The lowest BCUT2D eigenvalue weighted by Gasteiger charge is -2.39. The Morgan fingerprint density at radius 2 is 1.64 bits per heavy atom. The minimum atomic E-state index is -4.46. The number of hydrogen-bond donors (Lipinski definition) is 3. The van der Waals surface area contributed by atoms with Gasteiger partial charge in [-0.05, 0) is 73.9 Å². The molecule has 3 amide bonds. The number of aromatic nitrogens is 2. The van der Waals surface area contributed by atoms with Crippen LogP contribution in [0.3, 0.4) is 0 Å². The third-order valence-corrected chi connectivity index (χ3v) is 10.7. The van der Waals surface area contributed by atoms with Gasteiger partial charge in [0.05, 0.1) is 17.2 Å². The van der Waals surface area contributed by atoms with Gasteiger partial charge in [0.2, 0.25) is 17.8 Å². The van der Waals surface area contributed by atoms with Crippen molar-refractivity contribution < 1.29 is 32.7 Å². The topological polar surface area (TPSA) is 131 Å². The molecule has 50 heavy (non-hydrogen) atoms. The molecule has 1 aromatic heterocycles. The Kier molecular flexibility index (Phi) is 9.01. The number of carbonyl (C=O) groups is 3. The lowest BCUT2D eigenvalue weighted by atomic mass is 9.82. The Balaban J connectivity index is 0.900. The molecule has 0 aliphatic carbocycles. The number of piperidine rings is 3. The zero-order chi connectivity index (χ0) is 35.2. The normalized spacial score (nSPS) is 23.2. The number of alkyl halides is 3. The molecule has 0 unspecified atom stereocenters. The summed E-state index contributed by atoms with van der Waals surface area (Å²) < 4.78 is 38.4. The molecule has 3 saturated heterocycles. The first-order valence-electron chi connectivity index (χ1n) is 17.1. The van der Waals surface area contributed by atoms with Crippen molar-refractivity contribution in [2.75, 3.05) is 36.4 Å². The standard InChI is InChI=1S/C36H40F3N7O4/c1-22-29-18-24(4-7-28(29)33(49)46(22)30-8-9-31(47)43-32(30)48)35(50)12-16-44(17-13-35)21-23-2-5-27(6-3-23)45-14-10-26(11-15-45)42-34-40-19-25(20-41-34)36(37,38)39/h2-7,18-20,22,26,30,50H,8-17,21H2,1H3,(H,40,41,42)(H,43,47,48)/t22-,30+/m1/s1. The Hall–Kier alpha value is -4.56. The number of nitrogens with zero attached hydrogens (tertiary/aromatic N) is 5. The van der Waals surface area contributed by atoms with Crippen molar-refractivity contribution in [1.29, 1.82) is 0 Å². The van der Waals surface area contributed by atoms with Gasteiger partial charge in [-0.2, -0.15) is 13.2 Å². The van der Waals surface area contributed by atoms with Crippen molar-refractivity contribution in [2.45, 2.75) is 81.9 Å². The molecule has 7 rings (SSSR count). The lowest BCUT2D eigenvalue weighted by molar-refractivity contribution is -0.138. The minimum Gasteiger partial charge on any atom is -0.385 e. The monoisotopic (exact) mass is 691 g/mol. The fraction of sp³-hybridized carbons (Fsp3) is 0.472. The van der Waals surface area contributed by atoms with E-state index in [-0.39, 0.29) is 36.3 Å². The van der Waals surface area contributed by atoms with Crippen LogP contribution in [0, 0.1) is 0 Å². The average molecular weight is 692 g/mol. The van der Waals surface area contributed by atoms with E-state index in [0.29, 0.717) is 37.9 Å². The minimum absolute atomic E-state index is 0.0789. The molecule has 0 radical (unpaired) electrons. The zero-order valence-electron chi connectivity index (χ0n) is 27.7. The van der Waals surface area contributed by atoms with Gasteiger partial charge in [0, 0.05) is 68.8 Å². The highest BCUT2D eigenvalue weighted by molar-refractivity contribution is 6.05. The van der Waals surface area contributed by atoms with Gasteiger partial charge in [-0.1, -0.05) is 24.3 Å². The number of rotatable bonds is 7. The highest BCUT2D eigenvalue weighted by Gasteiger charge is 2.44. The Labute approximate surface area is 287 Å². The number of benzene rings is 2. The molecular weight excluding hydrogens is 651 g/mol. The number of aliphatic hydroxyl groups is 1. The second kappa shape index (κ2) is 13.3. The predicted molar refractivity (Wildman–Crippen MR) is 178 cm³/mol. The highest BCUT2D eigenvalue weighted by Crippen LogP contribution is 2.41. The van der Waals surface area contributed by atoms with E-state index in [1.807, 2.05) is 19.1 Å². The quantitative estimate of drug-likeness (QED) is 0.309. The second-order valence-electron chi connectivity index (χ2n) is 13.8. The average Bonchev–Trinajstić information content (AvgIpc) is 3.35. The van der Waals surface area contributed by atoms with Gasteiger partial charge in [0.1, 0.15) is 6.04 Å². The van der Waals surface area contributed by atoms with Gasteiger partial charge in [-0.25, -0.2) is 9.97 Å². The molecule has 3 fully saturated rings. The molecule has 2 aromatic carbocycles. The van der Waals surface area contributed by atoms with Gasteiger partial charge >= 0.3 is 6.18 Å². The maximum atomic E-state index is 13.3. The van der Waals surface area contributed by atoms with Crippen molar-refractivity contribution >= 4 is 29.4 Å². The summed E-state index contributed by atoms with van der Waals surface area (Å²) in [4.78, 5) is 51.3. The van der Waals surface area contributed by atoms with Crippen molar-refractivity contribution in [1.82, 2.24) is 25.1 Å². The maximum absolute atomic E-state index is 13.3. The third kappa shape index (κ3) is 6.78. The summed E-state index contributed by atoms with van der Waals surface area (Å²) in [7, 11) is 0. The summed E-state index contributed by atoms with van der Waals surface area (Å²) in [5.41, 5.74) is 2.50. The molecule has 2 atom stereocenters. The smallest absolute Gasteiger partial charge is 0.385 e.